The van der Waals surface area contributed by atoms with Gasteiger partial charge in [-0.3, -0.25) is 19.9 Å². The number of aromatic amines is 1. The molecule has 1 saturated carbocycles. The van der Waals surface area contributed by atoms with Gasteiger partial charge in [-0.2, -0.15) is 9.49 Å². The van der Waals surface area contributed by atoms with Crippen LogP contribution in [-0.4, -0.2) is 26.1 Å². The van der Waals surface area contributed by atoms with Crippen LogP contribution in [0.3, 0.4) is 0 Å². The number of nitrogens with one attached hydrogen (secondary N) is 4. The lowest BCUT2D eigenvalue weighted by Gasteiger charge is -2.12. The largest absolute Gasteiger partial charge is 0.358 e. The maximum absolute atomic E-state index is 13.7. The average Bonchev–Trinajstić information content (AvgIpc) is 3.74. The fourth-order valence-electron chi connectivity index (χ4n) is 5.38. The molecule has 10 heteroatoms. The zero-order valence-electron chi connectivity index (χ0n) is 20.3. The Hall–Kier alpha value is -4.31. The van der Waals surface area contributed by atoms with Gasteiger partial charge in [-0.15, -0.1) is 11.3 Å². The SMILES string of the molecule is O=C(Nc1cncc(-c2ccc3n[nH]c(C4Nc5cncc(-c6ccc(F)s6)c5N4)c3c2)c1)C1CCCC1. The van der Waals surface area contributed by atoms with E-state index in [4.69, 9.17) is 0 Å². The lowest BCUT2D eigenvalue weighted by Crippen LogP contribution is -2.20. The van der Waals surface area contributed by atoms with E-state index in [0.717, 1.165) is 86.6 Å². The molecule has 5 heterocycles. The number of carbonyl (C=O) groups excluding carboxylic acids is 1. The first kappa shape index (κ1) is 22.9. The second-order valence-electron chi connectivity index (χ2n) is 9.74. The van der Waals surface area contributed by atoms with Gasteiger partial charge in [0.05, 0.1) is 40.7 Å². The van der Waals surface area contributed by atoms with Gasteiger partial charge in [-0.05, 0) is 48.7 Å². The van der Waals surface area contributed by atoms with Crippen molar-refractivity contribution in [2.75, 3.05) is 16.0 Å². The predicted molar refractivity (Wildman–Crippen MR) is 147 cm³/mol. The number of H-pyrrole nitrogens is 1. The van der Waals surface area contributed by atoms with E-state index in [-0.39, 0.29) is 23.1 Å². The molecule has 1 aliphatic carbocycles. The van der Waals surface area contributed by atoms with Gasteiger partial charge in [0.2, 0.25) is 5.91 Å². The van der Waals surface area contributed by atoms with Crippen LogP contribution in [0.25, 0.3) is 32.5 Å². The van der Waals surface area contributed by atoms with Gasteiger partial charge in [0, 0.05) is 39.7 Å². The van der Waals surface area contributed by atoms with Crippen LogP contribution in [-0.2, 0) is 4.79 Å². The Bertz CT molecular complexity index is 1670. The van der Waals surface area contributed by atoms with Crippen molar-refractivity contribution in [3.05, 3.63) is 72.0 Å². The molecule has 1 aliphatic heterocycles. The maximum atomic E-state index is 13.7. The monoisotopic (exact) mass is 525 g/mol. The van der Waals surface area contributed by atoms with E-state index in [1.54, 1.807) is 30.9 Å². The summed E-state index contributed by atoms with van der Waals surface area (Å²) in [6.07, 6.45) is 10.9. The highest BCUT2D eigenvalue weighted by Gasteiger charge is 2.28. The number of hydrogen-bond donors (Lipinski definition) is 4. The molecule has 0 bridgehead atoms. The van der Waals surface area contributed by atoms with Crippen LogP contribution in [0, 0.1) is 11.0 Å². The van der Waals surface area contributed by atoms with E-state index in [2.05, 4.69) is 42.2 Å². The molecule has 0 spiro atoms. The van der Waals surface area contributed by atoms with Gasteiger partial charge in [0.15, 0.2) is 5.13 Å². The second kappa shape index (κ2) is 9.21. The molecule has 7 rings (SSSR count). The molecule has 2 aliphatic rings. The summed E-state index contributed by atoms with van der Waals surface area (Å²) in [5, 5.41) is 18.4. The summed E-state index contributed by atoms with van der Waals surface area (Å²) in [5.74, 6) is 0.166. The minimum absolute atomic E-state index is 0.0751. The Balaban J connectivity index is 1.18. The third-order valence-corrected chi connectivity index (χ3v) is 8.22. The molecule has 0 radical (unpaired) electrons. The van der Waals surface area contributed by atoms with Gasteiger partial charge in [-0.25, -0.2) is 0 Å². The number of halogens is 1. The van der Waals surface area contributed by atoms with Gasteiger partial charge < -0.3 is 16.0 Å². The van der Waals surface area contributed by atoms with Gasteiger partial charge in [0.25, 0.3) is 0 Å². The van der Waals surface area contributed by atoms with Crippen LogP contribution < -0.4 is 16.0 Å². The van der Waals surface area contributed by atoms with Crippen molar-refractivity contribution in [2.45, 2.75) is 31.8 Å². The molecule has 190 valence electrons. The average molecular weight is 526 g/mol. The smallest absolute Gasteiger partial charge is 0.227 e. The Morgan fingerprint density at radius 2 is 1.84 bits per heavy atom. The van der Waals surface area contributed by atoms with E-state index >= 15 is 0 Å². The van der Waals surface area contributed by atoms with Crippen molar-refractivity contribution in [1.29, 1.82) is 0 Å². The number of pyridine rings is 2. The van der Waals surface area contributed by atoms with Crippen LogP contribution in [0.1, 0.15) is 37.5 Å². The van der Waals surface area contributed by atoms with Gasteiger partial charge in [0.1, 0.15) is 6.17 Å². The maximum Gasteiger partial charge on any atom is 0.227 e. The highest BCUT2D eigenvalue weighted by molar-refractivity contribution is 7.14. The molecule has 1 aromatic carbocycles. The number of benzene rings is 1. The highest BCUT2D eigenvalue weighted by Crippen LogP contribution is 2.44. The molecule has 5 aromatic rings. The van der Waals surface area contributed by atoms with Crippen molar-refractivity contribution in [3.63, 3.8) is 0 Å². The lowest BCUT2D eigenvalue weighted by molar-refractivity contribution is -0.119. The Morgan fingerprint density at radius 1 is 0.974 bits per heavy atom. The zero-order valence-corrected chi connectivity index (χ0v) is 21.1. The van der Waals surface area contributed by atoms with Crippen molar-refractivity contribution in [1.82, 2.24) is 20.2 Å². The zero-order chi connectivity index (χ0) is 25.6. The van der Waals surface area contributed by atoms with Crippen molar-refractivity contribution in [2.24, 2.45) is 5.92 Å². The van der Waals surface area contributed by atoms with Gasteiger partial charge >= 0.3 is 0 Å². The minimum Gasteiger partial charge on any atom is -0.358 e. The predicted octanol–water partition coefficient (Wildman–Crippen LogP) is 6.55. The summed E-state index contributed by atoms with van der Waals surface area (Å²) in [7, 11) is 0. The number of thiophene rings is 1. The number of fused-ring (bicyclic) bond motifs is 2. The molecule has 0 saturated heterocycles. The minimum atomic E-state index is -0.270. The molecule has 8 nitrogen and oxygen atoms in total. The molecule has 4 N–H and O–H groups in total. The van der Waals surface area contributed by atoms with Crippen LogP contribution in [0.15, 0.2) is 61.2 Å². The Morgan fingerprint density at radius 3 is 2.68 bits per heavy atom. The summed E-state index contributed by atoms with van der Waals surface area (Å²) in [4.78, 5) is 22.2. The molecular weight excluding hydrogens is 501 g/mol. The van der Waals surface area contributed by atoms with E-state index < -0.39 is 0 Å². The fraction of sp³-hybridized carbons (Fsp3) is 0.214. The van der Waals surface area contributed by atoms with Crippen LogP contribution in [0.4, 0.5) is 21.5 Å². The molecule has 38 heavy (non-hydrogen) atoms. The molecule has 1 fully saturated rings. The number of anilines is 3. The van der Waals surface area contributed by atoms with Crippen LogP contribution in [0.5, 0.6) is 0 Å². The fourth-order valence-corrected chi connectivity index (χ4v) is 6.13. The third-order valence-electron chi connectivity index (χ3n) is 7.31. The van der Waals surface area contributed by atoms with E-state index in [1.807, 2.05) is 18.2 Å². The second-order valence-corrected chi connectivity index (χ2v) is 10.8. The quantitative estimate of drug-likeness (QED) is 0.207. The lowest BCUT2D eigenvalue weighted by atomic mass is 10.0. The number of rotatable bonds is 5. The van der Waals surface area contributed by atoms with E-state index in [9.17, 15) is 9.18 Å². The highest BCUT2D eigenvalue weighted by atomic mass is 32.1. The van der Waals surface area contributed by atoms with Gasteiger partial charge in [-0.1, -0.05) is 18.9 Å². The summed E-state index contributed by atoms with van der Waals surface area (Å²) in [6, 6.07) is 11.2. The molecule has 4 aromatic heterocycles. The summed E-state index contributed by atoms with van der Waals surface area (Å²) < 4.78 is 13.7. The number of nitrogens with zero attached hydrogens (tertiary/aromatic N) is 3. The summed E-state index contributed by atoms with van der Waals surface area (Å²) >= 11 is 1.09. The standard InChI is InChI=1S/C28H24FN7OS/c29-24-8-7-23(38-24)20-13-31-14-22-25(20)34-27(33-22)26-19-10-16(5-6-21(19)35-36-26)17-9-18(12-30-11-17)32-28(37)15-3-1-2-4-15/h5-15,27,33-34H,1-4H2,(H,32,37)(H,35,36). The first-order valence-corrected chi connectivity index (χ1v) is 13.4. The molecule has 1 atom stereocenters. The molecule has 1 amide bonds. The Labute approximate surface area is 221 Å². The molecule has 1 unspecified atom stereocenters. The third kappa shape index (κ3) is 4.06. The van der Waals surface area contributed by atoms with Crippen LogP contribution in [0.2, 0.25) is 0 Å². The van der Waals surface area contributed by atoms with Crippen molar-refractivity contribution < 1.29 is 9.18 Å². The van der Waals surface area contributed by atoms with Crippen molar-refractivity contribution in [3.8, 4) is 21.6 Å². The number of carbonyl (C=O) groups is 1. The van der Waals surface area contributed by atoms with E-state index in [0.29, 0.717) is 5.69 Å². The first-order chi connectivity index (χ1) is 18.6. The van der Waals surface area contributed by atoms with Crippen molar-refractivity contribution >= 4 is 45.2 Å². The number of aromatic nitrogens is 4. The first-order valence-electron chi connectivity index (χ1n) is 12.6. The molecular formula is C28H24FN7OS. The number of hydrogen-bond acceptors (Lipinski definition) is 7. The summed E-state index contributed by atoms with van der Waals surface area (Å²) in [6.45, 7) is 0. The van der Waals surface area contributed by atoms with E-state index in [1.165, 1.54) is 6.07 Å². The number of amides is 1. The van der Waals surface area contributed by atoms with Crippen LogP contribution >= 0.6 is 11.3 Å². The normalized spacial score (nSPS) is 16.8. The topological polar surface area (TPSA) is 108 Å². The Kier molecular flexibility index (Phi) is 5.54. The summed E-state index contributed by atoms with van der Waals surface area (Å²) in [5.41, 5.74) is 6.85.